The molecule has 2 N–H and O–H groups in total. The molecule has 0 aliphatic carbocycles. The lowest BCUT2D eigenvalue weighted by Crippen LogP contribution is -2.42. The second-order valence-corrected chi connectivity index (χ2v) is 3.68. The number of hydrogen-bond donors (Lipinski definition) is 2. The fourth-order valence-corrected chi connectivity index (χ4v) is 0.237. The van der Waals surface area contributed by atoms with E-state index in [1.807, 2.05) is 20.8 Å². The van der Waals surface area contributed by atoms with Gasteiger partial charge in [-0.05, 0) is 12.3 Å². The molecule has 0 aliphatic heterocycles. The van der Waals surface area contributed by atoms with E-state index in [1.54, 1.807) is 6.92 Å². The topological polar surface area (TPSA) is 40.5 Å². The van der Waals surface area contributed by atoms with Gasteiger partial charge in [-0.3, -0.25) is 0 Å². The van der Waals surface area contributed by atoms with E-state index in [4.69, 9.17) is 5.11 Å². The molecule has 0 radical (unpaired) electrons. The highest BCUT2D eigenvalue weighted by Crippen LogP contribution is 2.28. The first-order valence-electron chi connectivity index (χ1n) is 3.14. The predicted molar refractivity (Wildman–Crippen MR) is 37.2 cm³/mol. The van der Waals surface area contributed by atoms with Crippen molar-refractivity contribution in [1.29, 1.82) is 0 Å². The summed E-state index contributed by atoms with van der Waals surface area (Å²) in [4.78, 5) is 0. The maximum atomic E-state index is 9.41. The van der Waals surface area contributed by atoms with Crippen LogP contribution in [0, 0.1) is 5.41 Å². The Labute approximate surface area is 56.5 Å². The molecule has 0 spiro atoms. The summed E-state index contributed by atoms with van der Waals surface area (Å²) in [6, 6.07) is 0. The van der Waals surface area contributed by atoms with Crippen LogP contribution in [0.2, 0.25) is 0 Å². The number of aliphatic hydroxyl groups is 2. The van der Waals surface area contributed by atoms with Gasteiger partial charge in [-0.15, -0.1) is 0 Å². The van der Waals surface area contributed by atoms with Gasteiger partial charge in [0.15, 0.2) is 0 Å². The summed E-state index contributed by atoms with van der Waals surface area (Å²) in [6.07, 6.45) is 0. The van der Waals surface area contributed by atoms with Crippen molar-refractivity contribution in [2.45, 2.75) is 33.3 Å². The van der Waals surface area contributed by atoms with Crippen LogP contribution in [0.4, 0.5) is 0 Å². The molecule has 0 aromatic rings. The summed E-state index contributed by atoms with van der Waals surface area (Å²) in [6.45, 7) is 7.12. The second-order valence-electron chi connectivity index (χ2n) is 3.68. The minimum atomic E-state index is -0.965. The van der Waals surface area contributed by atoms with Gasteiger partial charge >= 0.3 is 0 Å². The lowest BCUT2D eigenvalue weighted by atomic mass is 9.78. The fourth-order valence-electron chi connectivity index (χ4n) is 0.237. The molecule has 0 rings (SSSR count). The number of rotatable bonds is 1. The van der Waals surface area contributed by atoms with E-state index in [0.29, 0.717) is 0 Å². The van der Waals surface area contributed by atoms with Gasteiger partial charge in [-0.1, -0.05) is 20.8 Å². The highest BCUT2D eigenvalue weighted by Gasteiger charge is 2.34. The normalized spacial score (nSPS) is 19.3. The van der Waals surface area contributed by atoms with Gasteiger partial charge in [0.05, 0.1) is 12.2 Å². The van der Waals surface area contributed by atoms with Crippen molar-refractivity contribution in [3.8, 4) is 0 Å². The summed E-state index contributed by atoms with van der Waals surface area (Å²) < 4.78 is 0. The summed E-state index contributed by atoms with van der Waals surface area (Å²) in [7, 11) is 0. The molecule has 0 saturated carbocycles. The van der Waals surface area contributed by atoms with E-state index in [0.717, 1.165) is 0 Å². The average Bonchev–Trinajstić information content (AvgIpc) is 1.64. The van der Waals surface area contributed by atoms with Gasteiger partial charge in [0, 0.05) is 0 Å². The Balaban J connectivity index is 4.14. The van der Waals surface area contributed by atoms with Gasteiger partial charge in [0.1, 0.15) is 0 Å². The molecule has 0 heterocycles. The van der Waals surface area contributed by atoms with Crippen LogP contribution in [0.5, 0.6) is 0 Å². The Morgan fingerprint density at radius 1 is 1.11 bits per heavy atom. The third-order valence-corrected chi connectivity index (χ3v) is 1.92. The van der Waals surface area contributed by atoms with E-state index >= 15 is 0 Å². The highest BCUT2D eigenvalue weighted by atomic mass is 16.3. The molecule has 0 aromatic heterocycles. The van der Waals surface area contributed by atoms with E-state index in [2.05, 4.69) is 0 Å². The summed E-state index contributed by atoms with van der Waals surface area (Å²) in [5.41, 5.74) is -1.21. The number of hydrogen-bond acceptors (Lipinski definition) is 2. The van der Waals surface area contributed by atoms with E-state index in [1.165, 1.54) is 0 Å². The molecular weight excluding hydrogens is 116 g/mol. The molecule has 0 unspecified atom stereocenters. The molecule has 2 heteroatoms. The highest BCUT2D eigenvalue weighted by molar-refractivity contribution is 4.84. The zero-order chi connectivity index (χ0) is 7.71. The third kappa shape index (κ3) is 1.95. The maximum Gasteiger partial charge on any atom is 0.0897 e. The molecule has 9 heavy (non-hydrogen) atoms. The van der Waals surface area contributed by atoms with Crippen LogP contribution in [0.3, 0.4) is 0 Å². The summed E-state index contributed by atoms with van der Waals surface area (Å²) in [5, 5.41) is 18.1. The van der Waals surface area contributed by atoms with E-state index < -0.39 is 5.60 Å². The van der Waals surface area contributed by atoms with Crippen molar-refractivity contribution in [2.24, 2.45) is 5.41 Å². The first-order chi connectivity index (χ1) is 3.81. The van der Waals surface area contributed by atoms with Gasteiger partial charge < -0.3 is 10.2 Å². The Morgan fingerprint density at radius 3 is 1.44 bits per heavy atom. The monoisotopic (exact) mass is 132 g/mol. The second kappa shape index (κ2) is 2.27. The number of aliphatic hydroxyl groups excluding tert-OH is 1. The van der Waals surface area contributed by atoms with Crippen LogP contribution in [0.25, 0.3) is 0 Å². The SMILES string of the molecule is CC(C)(C)[C@](C)(O)CO. The van der Waals surface area contributed by atoms with Crippen LogP contribution in [0.15, 0.2) is 0 Å². The van der Waals surface area contributed by atoms with Gasteiger partial charge in [-0.25, -0.2) is 0 Å². The van der Waals surface area contributed by atoms with Crippen molar-refractivity contribution < 1.29 is 10.2 Å². The van der Waals surface area contributed by atoms with Crippen LogP contribution in [-0.4, -0.2) is 22.4 Å². The zero-order valence-corrected chi connectivity index (χ0v) is 6.60. The minimum Gasteiger partial charge on any atom is -0.393 e. The largest absolute Gasteiger partial charge is 0.393 e. The van der Waals surface area contributed by atoms with Gasteiger partial charge in [-0.2, -0.15) is 0 Å². The molecule has 0 aliphatic rings. The van der Waals surface area contributed by atoms with Crippen molar-refractivity contribution >= 4 is 0 Å². The molecule has 0 bridgehead atoms. The molecule has 0 amide bonds. The molecule has 0 aromatic carbocycles. The van der Waals surface area contributed by atoms with Crippen molar-refractivity contribution in [2.75, 3.05) is 6.61 Å². The predicted octanol–water partition coefficient (Wildman–Crippen LogP) is 0.776. The van der Waals surface area contributed by atoms with Crippen molar-refractivity contribution in [1.82, 2.24) is 0 Å². The molecule has 56 valence electrons. The van der Waals surface area contributed by atoms with Gasteiger partial charge in [0.25, 0.3) is 0 Å². The fraction of sp³-hybridized carbons (Fsp3) is 1.00. The lowest BCUT2D eigenvalue weighted by molar-refractivity contribution is -0.0794. The van der Waals surface area contributed by atoms with Crippen molar-refractivity contribution in [3.05, 3.63) is 0 Å². The Kier molecular flexibility index (Phi) is 2.25. The Morgan fingerprint density at radius 2 is 1.44 bits per heavy atom. The first kappa shape index (κ1) is 8.92. The van der Waals surface area contributed by atoms with Crippen LogP contribution in [-0.2, 0) is 0 Å². The smallest absolute Gasteiger partial charge is 0.0897 e. The van der Waals surface area contributed by atoms with Gasteiger partial charge in [0.2, 0.25) is 0 Å². The maximum absolute atomic E-state index is 9.41. The third-order valence-electron chi connectivity index (χ3n) is 1.92. The van der Waals surface area contributed by atoms with Crippen LogP contribution < -0.4 is 0 Å². The molecule has 2 nitrogen and oxygen atoms in total. The van der Waals surface area contributed by atoms with E-state index in [-0.39, 0.29) is 12.0 Å². The first-order valence-corrected chi connectivity index (χ1v) is 3.14. The average molecular weight is 132 g/mol. The molecule has 0 fully saturated rings. The molecule has 1 atom stereocenters. The quantitative estimate of drug-likeness (QED) is 0.553. The summed E-state index contributed by atoms with van der Waals surface area (Å²) >= 11 is 0. The van der Waals surface area contributed by atoms with Crippen LogP contribution in [0.1, 0.15) is 27.7 Å². The zero-order valence-electron chi connectivity index (χ0n) is 6.60. The lowest BCUT2D eigenvalue weighted by Gasteiger charge is -2.35. The Hall–Kier alpha value is -0.0800. The standard InChI is InChI=1S/C7H16O2/c1-6(2,3)7(4,9)5-8/h8-9H,5H2,1-4H3/t7-/m1/s1. The minimum absolute atomic E-state index is 0.184. The molecule has 0 saturated heterocycles. The molecular formula is C7H16O2. The van der Waals surface area contributed by atoms with Crippen LogP contribution >= 0.6 is 0 Å². The summed E-state index contributed by atoms with van der Waals surface area (Å²) in [5.74, 6) is 0. The van der Waals surface area contributed by atoms with E-state index in [9.17, 15) is 5.11 Å². The Bertz CT molecular complexity index is 89.6. The van der Waals surface area contributed by atoms with Crippen molar-refractivity contribution in [3.63, 3.8) is 0 Å².